The van der Waals surface area contributed by atoms with Crippen molar-refractivity contribution in [3.8, 4) is 11.6 Å². The van der Waals surface area contributed by atoms with E-state index in [4.69, 9.17) is 25.5 Å². The summed E-state index contributed by atoms with van der Waals surface area (Å²) in [7, 11) is 3.10. The first-order valence-corrected chi connectivity index (χ1v) is 9.61. The third-order valence-electron chi connectivity index (χ3n) is 4.43. The van der Waals surface area contributed by atoms with Gasteiger partial charge in [-0.2, -0.15) is 0 Å². The number of carbonyl (C=O) groups excluding carboxylic acids is 1. The molecule has 3 heterocycles. The maximum atomic E-state index is 11.8. The van der Waals surface area contributed by atoms with Crippen LogP contribution in [0, 0.1) is 0 Å². The molecule has 0 saturated carbocycles. The normalized spacial score (nSPS) is 10.7. The summed E-state index contributed by atoms with van der Waals surface area (Å²) in [4.78, 5) is 15.8. The molecular formula is C21H18ClN5O4. The van der Waals surface area contributed by atoms with Gasteiger partial charge in [0.15, 0.2) is 5.82 Å². The van der Waals surface area contributed by atoms with Gasteiger partial charge in [-0.25, -0.2) is 0 Å². The van der Waals surface area contributed by atoms with E-state index in [0.717, 1.165) is 11.3 Å². The quantitative estimate of drug-likeness (QED) is 0.445. The van der Waals surface area contributed by atoms with Crippen molar-refractivity contribution in [2.24, 2.45) is 0 Å². The molecule has 0 saturated heterocycles. The summed E-state index contributed by atoms with van der Waals surface area (Å²) in [6.07, 6.45) is 3.08. The summed E-state index contributed by atoms with van der Waals surface area (Å²) in [5, 5.41) is 15.2. The van der Waals surface area contributed by atoms with E-state index in [1.807, 2.05) is 6.07 Å². The number of benzene rings is 1. The smallest absolute Gasteiger partial charge is 0.278 e. The van der Waals surface area contributed by atoms with Crippen molar-refractivity contribution in [3.63, 3.8) is 0 Å². The number of ether oxygens (including phenoxy) is 2. The van der Waals surface area contributed by atoms with Crippen LogP contribution in [0.1, 0.15) is 16.1 Å². The van der Waals surface area contributed by atoms with Crippen LogP contribution in [0.15, 0.2) is 53.3 Å². The molecule has 0 radical (unpaired) electrons. The zero-order chi connectivity index (χ0) is 21.8. The fourth-order valence-electron chi connectivity index (χ4n) is 2.89. The van der Waals surface area contributed by atoms with Gasteiger partial charge in [-0.15, -0.1) is 10.2 Å². The third kappa shape index (κ3) is 4.36. The summed E-state index contributed by atoms with van der Waals surface area (Å²) >= 11 is 6.19. The van der Waals surface area contributed by atoms with Gasteiger partial charge in [0.1, 0.15) is 18.1 Å². The number of halogens is 1. The van der Waals surface area contributed by atoms with Crippen LogP contribution < -0.4 is 20.1 Å². The number of carbonyl (C=O) groups is 1. The Balaban J connectivity index is 1.54. The number of amides is 1. The Morgan fingerprint density at radius 2 is 2.06 bits per heavy atom. The molecule has 3 aromatic heterocycles. The number of nitrogens with zero attached hydrogens (tertiary/aromatic N) is 3. The third-order valence-corrected chi connectivity index (χ3v) is 4.72. The van der Waals surface area contributed by atoms with Crippen molar-refractivity contribution in [1.29, 1.82) is 0 Å². The highest BCUT2D eigenvalue weighted by atomic mass is 35.5. The molecule has 0 atom stereocenters. The molecule has 0 unspecified atom stereocenters. The predicted octanol–water partition coefficient (Wildman–Crippen LogP) is 3.96. The molecule has 1 amide bonds. The van der Waals surface area contributed by atoms with E-state index < -0.39 is 0 Å². The van der Waals surface area contributed by atoms with Crippen molar-refractivity contribution in [3.05, 3.63) is 65.1 Å². The molecule has 0 fully saturated rings. The molecule has 158 valence electrons. The highest BCUT2D eigenvalue weighted by Crippen LogP contribution is 2.33. The van der Waals surface area contributed by atoms with Gasteiger partial charge in [-0.3, -0.25) is 9.78 Å². The Hall–Kier alpha value is -3.85. The van der Waals surface area contributed by atoms with Crippen molar-refractivity contribution >= 4 is 40.0 Å². The molecule has 9 nitrogen and oxygen atoms in total. The molecule has 10 heteroatoms. The van der Waals surface area contributed by atoms with Crippen LogP contribution in [0.2, 0.25) is 5.02 Å². The SMILES string of the molecule is CNC(=O)c1cc(COc2nnc(Nc3ccc(OC)c(Cl)c3)c3ccoc23)ccn1. The van der Waals surface area contributed by atoms with Crippen LogP contribution >= 0.6 is 11.6 Å². The Kier molecular flexibility index (Phi) is 5.85. The van der Waals surface area contributed by atoms with Crippen LogP contribution in [-0.4, -0.2) is 35.2 Å². The second kappa shape index (κ2) is 8.88. The lowest BCUT2D eigenvalue weighted by atomic mass is 10.2. The number of hydrogen-bond donors (Lipinski definition) is 2. The highest BCUT2D eigenvalue weighted by Gasteiger charge is 2.15. The number of aromatic nitrogens is 3. The van der Waals surface area contributed by atoms with Crippen LogP contribution in [0.5, 0.6) is 11.6 Å². The monoisotopic (exact) mass is 439 g/mol. The second-order valence-corrected chi connectivity index (χ2v) is 6.82. The van der Waals surface area contributed by atoms with Crippen molar-refractivity contribution < 1.29 is 18.7 Å². The molecular weight excluding hydrogens is 422 g/mol. The van der Waals surface area contributed by atoms with Gasteiger partial charge >= 0.3 is 0 Å². The number of nitrogens with one attached hydrogen (secondary N) is 2. The van der Waals surface area contributed by atoms with Gasteiger partial charge in [-0.1, -0.05) is 11.6 Å². The summed E-state index contributed by atoms with van der Waals surface area (Å²) in [6, 6.07) is 10.5. The van der Waals surface area contributed by atoms with Crippen LogP contribution in [0.3, 0.4) is 0 Å². The first kappa shape index (κ1) is 20.4. The van der Waals surface area contributed by atoms with Gasteiger partial charge in [0.25, 0.3) is 11.8 Å². The van der Waals surface area contributed by atoms with E-state index in [0.29, 0.717) is 33.3 Å². The topological polar surface area (TPSA) is 111 Å². The molecule has 4 rings (SSSR count). The molecule has 0 aliphatic carbocycles. The van der Waals surface area contributed by atoms with E-state index in [-0.39, 0.29) is 18.4 Å². The number of pyridine rings is 1. The zero-order valence-electron chi connectivity index (χ0n) is 16.7. The molecule has 2 N–H and O–H groups in total. The molecule has 0 aliphatic rings. The van der Waals surface area contributed by atoms with Gasteiger partial charge in [-0.05, 0) is 42.0 Å². The minimum Gasteiger partial charge on any atom is -0.495 e. The lowest BCUT2D eigenvalue weighted by Gasteiger charge is -2.10. The van der Waals surface area contributed by atoms with Crippen LogP contribution in [0.25, 0.3) is 11.0 Å². The van der Waals surface area contributed by atoms with Gasteiger partial charge < -0.3 is 24.5 Å². The Bertz CT molecular complexity index is 1240. The fraction of sp³-hybridized carbons (Fsp3) is 0.143. The number of furan rings is 1. The summed E-state index contributed by atoms with van der Waals surface area (Å²) in [5.74, 6) is 1.02. The fourth-order valence-corrected chi connectivity index (χ4v) is 3.15. The zero-order valence-corrected chi connectivity index (χ0v) is 17.4. The molecule has 0 spiro atoms. The van der Waals surface area contributed by atoms with Crippen molar-refractivity contribution in [2.45, 2.75) is 6.61 Å². The molecule has 0 bridgehead atoms. The molecule has 1 aromatic carbocycles. The first-order chi connectivity index (χ1) is 15.1. The minimum atomic E-state index is -0.274. The number of rotatable bonds is 7. The van der Waals surface area contributed by atoms with E-state index >= 15 is 0 Å². The van der Waals surface area contributed by atoms with Gasteiger partial charge in [0.2, 0.25) is 5.58 Å². The van der Waals surface area contributed by atoms with Gasteiger partial charge in [0, 0.05) is 18.9 Å². The lowest BCUT2D eigenvalue weighted by Crippen LogP contribution is -2.19. The Morgan fingerprint density at radius 1 is 1.19 bits per heavy atom. The van der Waals surface area contributed by atoms with Crippen molar-refractivity contribution in [1.82, 2.24) is 20.5 Å². The summed E-state index contributed by atoms with van der Waals surface area (Å²) < 4.78 is 16.5. The van der Waals surface area contributed by atoms with Crippen molar-refractivity contribution in [2.75, 3.05) is 19.5 Å². The number of anilines is 2. The highest BCUT2D eigenvalue weighted by molar-refractivity contribution is 6.32. The Morgan fingerprint density at radius 3 is 2.84 bits per heavy atom. The van der Waals surface area contributed by atoms with E-state index in [1.165, 1.54) is 6.26 Å². The maximum Gasteiger partial charge on any atom is 0.278 e. The average Bonchev–Trinajstić information content (AvgIpc) is 3.29. The summed E-state index contributed by atoms with van der Waals surface area (Å²) in [5.41, 5.74) is 2.22. The standard InChI is InChI=1S/C21H18ClN5O4/c1-23-20(28)16-9-12(5-7-24-16)11-31-21-18-14(6-8-30-18)19(26-27-21)25-13-3-4-17(29-2)15(22)10-13/h3-10H,11H2,1-2H3,(H,23,28)(H,25,26). The van der Waals surface area contributed by atoms with Crippen LogP contribution in [0.4, 0.5) is 11.5 Å². The maximum absolute atomic E-state index is 11.8. The number of fused-ring (bicyclic) bond motifs is 1. The molecule has 31 heavy (non-hydrogen) atoms. The van der Waals surface area contributed by atoms with E-state index in [2.05, 4.69) is 25.8 Å². The lowest BCUT2D eigenvalue weighted by molar-refractivity contribution is 0.0958. The first-order valence-electron chi connectivity index (χ1n) is 9.23. The van der Waals surface area contributed by atoms with Crippen LogP contribution in [-0.2, 0) is 6.61 Å². The van der Waals surface area contributed by atoms with E-state index in [9.17, 15) is 4.79 Å². The molecule has 0 aliphatic heterocycles. The second-order valence-electron chi connectivity index (χ2n) is 6.41. The minimum absolute atomic E-state index is 0.165. The average molecular weight is 440 g/mol. The Labute approximate surface area is 182 Å². The predicted molar refractivity (Wildman–Crippen MR) is 115 cm³/mol. The largest absolute Gasteiger partial charge is 0.495 e. The number of hydrogen-bond acceptors (Lipinski definition) is 8. The summed E-state index contributed by atoms with van der Waals surface area (Å²) in [6.45, 7) is 0.165. The van der Waals surface area contributed by atoms with E-state index in [1.54, 1.807) is 50.7 Å². The number of methoxy groups -OCH3 is 1. The molecule has 4 aromatic rings. The van der Waals surface area contributed by atoms with Gasteiger partial charge in [0.05, 0.1) is 23.8 Å².